The standard InChI is InChI=1S/C13H26N2S/c1-2-12(3-1)4-7-15-10-11-16-13-5-8-14-9-6-13/h12-15H,1-11H2. The van der Waals surface area contributed by atoms with Gasteiger partial charge in [-0.25, -0.2) is 0 Å². The number of thioether (sulfide) groups is 1. The summed E-state index contributed by atoms with van der Waals surface area (Å²) in [6, 6.07) is 0. The lowest BCUT2D eigenvalue weighted by Crippen LogP contribution is -2.30. The first kappa shape index (κ1) is 12.7. The minimum Gasteiger partial charge on any atom is -0.317 e. The lowest BCUT2D eigenvalue weighted by Gasteiger charge is -2.25. The Hall–Kier alpha value is 0.270. The van der Waals surface area contributed by atoms with Crippen molar-refractivity contribution in [2.75, 3.05) is 31.9 Å². The first-order valence-corrected chi connectivity index (χ1v) is 8.03. The Balaban J connectivity index is 1.36. The number of hydrogen-bond donors (Lipinski definition) is 2. The maximum Gasteiger partial charge on any atom is 0.00716 e. The zero-order chi connectivity index (χ0) is 11.1. The molecule has 94 valence electrons. The Kier molecular flexibility index (Phi) is 6.02. The SMILES string of the molecule is C1CC(CCNCCSC2CCNCC2)C1. The third-order valence-corrected chi connectivity index (χ3v) is 5.26. The van der Waals surface area contributed by atoms with Crippen LogP contribution in [-0.4, -0.2) is 37.2 Å². The zero-order valence-electron chi connectivity index (χ0n) is 10.3. The monoisotopic (exact) mass is 242 g/mol. The van der Waals surface area contributed by atoms with Crippen LogP contribution in [0, 0.1) is 5.92 Å². The maximum absolute atomic E-state index is 3.59. The van der Waals surface area contributed by atoms with E-state index in [2.05, 4.69) is 22.4 Å². The molecule has 2 aliphatic rings. The molecular formula is C13H26N2S. The normalized spacial score (nSPS) is 23.2. The van der Waals surface area contributed by atoms with Crippen LogP contribution in [0.4, 0.5) is 0 Å². The molecule has 2 fully saturated rings. The smallest absolute Gasteiger partial charge is 0.00716 e. The van der Waals surface area contributed by atoms with Crippen molar-refractivity contribution < 1.29 is 0 Å². The van der Waals surface area contributed by atoms with Gasteiger partial charge in [0.1, 0.15) is 0 Å². The number of hydrogen-bond acceptors (Lipinski definition) is 3. The van der Waals surface area contributed by atoms with Crippen molar-refractivity contribution in [2.45, 2.75) is 43.8 Å². The van der Waals surface area contributed by atoms with Crippen molar-refractivity contribution in [1.29, 1.82) is 0 Å². The third-order valence-electron chi connectivity index (χ3n) is 3.87. The Morgan fingerprint density at radius 3 is 2.56 bits per heavy atom. The van der Waals surface area contributed by atoms with Gasteiger partial charge < -0.3 is 10.6 Å². The maximum atomic E-state index is 3.59. The van der Waals surface area contributed by atoms with Crippen molar-refractivity contribution in [2.24, 2.45) is 5.92 Å². The molecule has 0 spiro atoms. The highest BCUT2D eigenvalue weighted by Crippen LogP contribution is 2.28. The first-order valence-electron chi connectivity index (χ1n) is 6.98. The molecule has 16 heavy (non-hydrogen) atoms. The summed E-state index contributed by atoms with van der Waals surface area (Å²) in [6.45, 7) is 4.91. The lowest BCUT2D eigenvalue weighted by molar-refractivity contribution is 0.293. The summed E-state index contributed by atoms with van der Waals surface area (Å²) in [5.41, 5.74) is 0. The molecule has 1 aliphatic carbocycles. The van der Waals surface area contributed by atoms with Gasteiger partial charge in [-0.2, -0.15) is 11.8 Å². The molecule has 2 N–H and O–H groups in total. The molecule has 1 aliphatic heterocycles. The molecule has 0 bridgehead atoms. The fraction of sp³-hybridized carbons (Fsp3) is 1.00. The summed E-state index contributed by atoms with van der Waals surface area (Å²) < 4.78 is 0. The molecule has 2 rings (SSSR count). The molecule has 0 aromatic carbocycles. The van der Waals surface area contributed by atoms with Crippen molar-refractivity contribution in [3.63, 3.8) is 0 Å². The van der Waals surface area contributed by atoms with Crippen LogP contribution in [0.15, 0.2) is 0 Å². The van der Waals surface area contributed by atoms with Gasteiger partial charge in [-0.05, 0) is 44.8 Å². The summed E-state index contributed by atoms with van der Waals surface area (Å²) in [6.07, 6.45) is 8.62. The third kappa shape index (κ3) is 4.64. The van der Waals surface area contributed by atoms with E-state index in [0.717, 1.165) is 11.2 Å². The molecule has 0 aromatic rings. The van der Waals surface area contributed by atoms with Crippen molar-refractivity contribution in [1.82, 2.24) is 10.6 Å². The second-order valence-electron chi connectivity index (χ2n) is 5.16. The fourth-order valence-electron chi connectivity index (χ4n) is 2.47. The van der Waals surface area contributed by atoms with Gasteiger partial charge in [-0.1, -0.05) is 19.3 Å². The van der Waals surface area contributed by atoms with Crippen molar-refractivity contribution in [3.8, 4) is 0 Å². The van der Waals surface area contributed by atoms with Crippen LogP contribution in [0.25, 0.3) is 0 Å². The number of piperidine rings is 1. The average Bonchev–Trinajstić information content (AvgIpc) is 2.27. The second kappa shape index (κ2) is 7.57. The highest BCUT2D eigenvalue weighted by Gasteiger charge is 2.16. The predicted octanol–water partition coefficient (Wildman–Crippen LogP) is 2.25. The second-order valence-corrected chi connectivity index (χ2v) is 6.56. The quantitative estimate of drug-likeness (QED) is 0.670. The summed E-state index contributed by atoms with van der Waals surface area (Å²) in [4.78, 5) is 0. The van der Waals surface area contributed by atoms with E-state index >= 15 is 0 Å². The van der Waals surface area contributed by atoms with Gasteiger partial charge in [-0.15, -0.1) is 0 Å². The van der Waals surface area contributed by atoms with Gasteiger partial charge >= 0.3 is 0 Å². The van der Waals surface area contributed by atoms with Crippen LogP contribution in [-0.2, 0) is 0 Å². The van der Waals surface area contributed by atoms with E-state index in [0.29, 0.717) is 0 Å². The molecule has 1 saturated heterocycles. The molecule has 3 heteroatoms. The minimum absolute atomic E-state index is 0.926. The molecule has 0 aromatic heterocycles. The number of rotatable bonds is 7. The van der Waals surface area contributed by atoms with Gasteiger partial charge in [0.25, 0.3) is 0 Å². The Labute approximate surface area is 104 Å². The van der Waals surface area contributed by atoms with E-state index in [4.69, 9.17) is 0 Å². The molecule has 0 atom stereocenters. The molecule has 0 amide bonds. The fourth-order valence-corrected chi connectivity index (χ4v) is 3.64. The van der Waals surface area contributed by atoms with Crippen LogP contribution in [0.3, 0.4) is 0 Å². The van der Waals surface area contributed by atoms with E-state index in [1.165, 1.54) is 70.5 Å². The van der Waals surface area contributed by atoms with Gasteiger partial charge in [-0.3, -0.25) is 0 Å². The largest absolute Gasteiger partial charge is 0.317 e. The summed E-state index contributed by atoms with van der Waals surface area (Å²) in [7, 11) is 0. The van der Waals surface area contributed by atoms with Gasteiger partial charge in [0, 0.05) is 17.5 Å². The topological polar surface area (TPSA) is 24.1 Å². The Bertz CT molecular complexity index is 177. The molecular weight excluding hydrogens is 216 g/mol. The molecule has 0 radical (unpaired) electrons. The van der Waals surface area contributed by atoms with Gasteiger partial charge in [0.15, 0.2) is 0 Å². The highest BCUT2D eigenvalue weighted by molar-refractivity contribution is 7.99. The predicted molar refractivity (Wildman–Crippen MR) is 73.2 cm³/mol. The van der Waals surface area contributed by atoms with E-state index in [-0.39, 0.29) is 0 Å². The van der Waals surface area contributed by atoms with Crippen LogP contribution in [0.2, 0.25) is 0 Å². The van der Waals surface area contributed by atoms with E-state index < -0.39 is 0 Å². The highest BCUT2D eigenvalue weighted by atomic mass is 32.2. The van der Waals surface area contributed by atoms with Crippen LogP contribution in [0.5, 0.6) is 0 Å². The lowest BCUT2D eigenvalue weighted by atomic mass is 9.83. The van der Waals surface area contributed by atoms with Crippen LogP contribution in [0.1, 0.15) is 38.5 Å². The molecule has 2 nitrogen and oxygen atoms in total. The van der Waals surface area contributed by atoms with E-state index in [9.17, 15) is 0 Å². The van der Waals surface area contributed by atoms with Crippen molar-refractivity contribution >= 4 is 11.8 Å². The summed E-state index contributed by atoms with van der Waals surface area (Å²) >= 11 is 2.17. The van der Waals surface area contributed by atoms with Crippen molar-refractivity contribution in [3.05, 3.63) is 0 Å². The van der Waals surface area contributed by atoms with Crippen LogP contribution < -0.4 is 10.6 Å². The summed E-state index contributed by atoms with van der Waals surface area (Å²) in [5, 5.41) is 7.94. The number of nitrogens with one attached hydrogen (secondary N) is 2. The van der Waals surface area contributed by atoms with E-state index in [1.807, 2.05) is 0 Å². The molecule has 1 saturated carbocycles. The van der Waals surface area contributed by atoms with Gasteiger partial charge in [0.2, 0.25) is 0 Å². The van der Waals surface area contributed by atoms with E-state index in [1.54, 1.807) is 0 Å². The first-order chi connectivity index (χ1) is 7.95. The minimum atomic E-state index is 0.926. The van der Waals surface area contributed by atoms with Crippen LogP contribution >= 0.6 is 11.8 Å². The Morgan fingerprint density at radius 1 is 1.06 bits per heavy atom. The molecule has 1 heterocycles. The Morgan fingerprint density at radius 2 is 1.88 bits per heavy atom. The van der Waals surface area contributed by atoms with Gasteiger partial charge in [0.05, 0.1) is 0 Å². The molecule has 0 unspecified atom stereocenters. The summed E-state index contributed by atoms with van der Waals surface area (Å²) in [5.74, 6) is 2.36. The average molecular weight is 242 g/mol. The zero-order valence-corrected chi connectivity index (χ0v) is 11.2.